The van der Waals surface area contributed by atoms with Crippen LogP contribution in [0, 0.1) is 46.8 Å². The van der Waals surface area contributed by atoms with Crippen molar-refractivity contribution in [1.29, 1.82) is 0 Å². The predicted octanol–water partition coefficient (Wildman–Crippen LogP) is 6.55. The summed E-state index contributed by atoms with van der Waals surface area (Å²) in [5, 5.41) is 0. The molecule has 0 aromatic carbocycles. The first-order valence-electron chi connectivity index (χ1n) is 9.96. The van der Waals surface area contributed by atoms with E-state index in [0.29, 0.717) is 5.41 Å². The molecule has 0 aromatic heterocycles. The summed E-state index contributed by atoms with van der Waals surface area (Å²) in [5.74, 6) is 6.87. The minimum Gasteiger partial charge on any atom is -0.0622 e. The van der Waals surface area contributed by atoms with E-state index in [4.69, 9.17) is 0 Å². The van der Waals surface area contributed by atoms with Crippen LogP contribution in [-0.4, -0.2) is 0 Å². The first-order valence-corrected chi connectivity index (χ1v) is 9.96. The zero-order valence-corrected chi connectivity index (χ0v) is 15.2. The number of rotatable bonds is 1. The molecule has 3 rings (SSSR count). The van der Waals surface area contributed by atoms with Crippen molar-refractivity contribution in [2.24, 2.45) is 46.8 Å². The first kappa shape index (κ1) is 15.9. The molecule has 0 spiro atoms. The molecule has 0 nitrogen and oxygen atoms in total. The molecule has 0 aromatic rings. The lowest BCUT2D eigenvalue weighted by Crippen LogP contribution is -2.52. The Morgan fingerprint density at radius 2 is 1.38 bits per heavy atom. The third-order valence-corrected chi connectivity index (χ3v) is 8.61. The Morgan fingerprint density at radius 1 is 0.762 bits per heavy atom. The minimum absolute atomic E-state index is 0.597. The van der Waals surface area contributed by atoms with Crippen LogP contribution in [0.1, 0.15) is 86.0 Å². The molecule has 3 aliphatic carbocycles. The van der Waals surface area contributed by atoms with Gasteiger partial charge in [0.15, 0.2) is 0 Å². The average molecular weight is 291 g/mol. The van der Waals surface area contributed by atoms with Crippen LogP contribution in [0.3, 0.4) is 0 Å². The van der Waals surface area contributed by atoms with Crippen molar-refractivity contribution in [3.8, 4) is 0 Å². The highest BCUT2D eigenvalue weighted by molar-refractivity contribution is 5.02. The van der Waals surface area contributed by atoms with Crippen LogP contribution in [0.5, 0.6) is 0 Å². The fourth-order valence-electron chi connectivity index (χ4n) is 7.30. The second kappa shape index (κ2) is 5.89. The van der Waals surface area contributed by atoms with Gasteiger partial charge in [-0.15, -0.1) is 0 Å². The molecule has 0 bridgehead atoms. The van der Waals surface area contributed by atoms with Gasteiger partial charge in [0.2, 0.25) is 0 Å². The Bertz CT molecular complexity index is 347. The molecule has 7 unspecified atom stereocenters. The normalized spacial score (nSPS) is 55.0. The largest absolute Gasteiger partial charge is 0.0622 e. The fraction of sp³-hybridized carbons (Fsp3) is 1.00. The molecule has 0 amide bonds. The third-order valence-electron chi connectivity index (χ3n) is 8.61. The van der Waals surface area contributed by atoms with Crippen LogP contribution in [0.15, 0.2) is 0 Å². The number of hydrogen-bond donors (Lipinski definition) is 0. The summed E-state index contributed by atoms with van der Waals surface area (Å²) >= 11 is 0. The highest BCUT2D eigenvalue weighted by Gasteiger charge is 2.53. The second-order valence-corrected chi connectivity index (χ2v) is 9.41. The Kier molecular flexibility index (Phi) is 4.46. The lowest BCUT2D eigenvalue weighted by molar-refractivity contribution is -0.104. The van der Waals surface area contributed by atoms with Gasteiger partial charge in [-0.3, -0.25) is 0 Å². The van der Waals surface area contributed by atoms with E-state index >= 15 is 0 Å². The SMILES string of the molecule is CC1CC2CCCCC2C(C)C1C1(C)C(C)CCCC1C. The molecule has 0 N–H and O–H groups in total. The molecule has 0 aliphatic heterocycles. The lowest BCUT2D eigenvalue weighted by Gasteiger charge is -2.59. The first-order chi connectivity index (χ1) is 9.96. The van der Waals surface area contributed by atoms with Crippen LogP contribution in [0.2, 0.25) is 0 Å². The van der Waals surface area contributed by atoms with Crippen LogP contribution < -0.4 is 0 Å². The quantitative estimate of drug-likeness (QED) is 0.514. The van der Waals surface area contributed by atoms with E-state index in [-0.39, 0.29) is 0 Å². The second-order valence-electron chi connectivity index (χ2n) is 9.41. The number of hydrogen-bond acceptors (Lipinski definition) is 0. The molecule has 0 heterocycles. The van der Waals surface area contributed by atoms with E-state index < -0.39 is 0 Å². The Labute approximate surface area is 133 Å². The molecular formula is C21H38. The molecule has 0 radical (unpaired) electrons. The van der Waals surface area contributed by atoms with Gasteiger partial charge < -0.3 is 0 Å². The summed E-state index contributed by atoms with van der Waals surface area (Å²) in [5.41, 5.74) is 0.597. The molecule has 7 atom stereocenters. The van der Waals surface area contributed by atoms with Crippen LogP contribution in [-0.2, 0) is 0 Å². The fourth-order valence-corrected chi connectivity index (χ4v) is 7.30. The molecule has 21 heavy (non-hydrogen) atoms. The Morgan fingerprint density at radius 3 is 2.05 bits per heavy atom. The van der Waals surface area contributed by atoms with Crippen molar-refractivity contribution in [2.75, 3.05) is 0 Å². The minimum atomic E-state index is 0.597. The molecular weight excluding hydrogens is 252 g/mol. The van der Waals surface area contributed by atoms with Gasteiger partial charge in [0.1, 0.15) is 0 Å². The summed E-state index contributed by atoms with van der Waals surface area (Å²) < 4.78 is 0. The highest BCUT2D eigenvalue weighted by Crippen LogP contribution is 2.60. The third kappa shape index (κ3) is 2.49. The molecule has 3 aliphatic rings. The van der Waals surface area contributed by atoms with E-state index in [1.54, 1.807) is 0 Å². The van der Waals surface area contributed by atoms with E-state index in [2.05, 4.69) is 34.6 Å². The van der Waals surface area contributed by atoms with Crippen LogP contribution in [0.4, 0.5) is 0 Å². The molecule has 0 saturated heterocycles. The average Bonchev–Trinajstić information content (AvgIpc) is 2.45. The standard InChI is InChI=1S/C21H38/c1-14-13-18-11-6-7-12-19(18)17(4)20(14)21(5)15(2)9-8-10-16(21)3/h14-20H,6-13H2,1-5H3. The van der Waals surface area contributed by atoms with E-state index in [1.165, 1.54) is 51.4 Å². The smallest absolute Gasteiger partial charge is 0.0241 e. The predicted molar refractivity (Wildman–Crippen MR) is 92.2 cm³/mol. The van der Waals surface area contributed by atoms with E-state index in [1.807, 2.05) is 0 Å². The summed E-state index contributed by atoms with van der Waals surface area (Å²) in [7, 11) is 0. The van der Waals surface area contributed by atoms with Crippen molar-refractivity contribution >= 4 is 0 Å². The van der Waals surface area contributed by atoms with E-state index in [0.717, 1.165) is 41.4 Å². The van der Waals surface area contributed by atoms with Gasteiger partial charge in [-0.25, -0.2) is 0 Å². The maximum Gasteiger partial charge on any atom is -0.0241 e. The van der Waals surface area contributed by atoms with Crippen LogP contribution >= 0.6 is 0 Å². The summed E-state index contributed by atoms with van der Waals surface area (Å²) in [4.78, 5) is 0. The molecule has 3 saturated carbocycles. The van der Waals surface area contributed by atoms with Gasteiger partial charge in [0, 0.05) is 0 Å². The Hall–Kier alpha value is 0. The monoisotopic (exact) mass is 290 g/mol. The van der Waals surface area contributed by atoms with Gasteiger partial charge in [0.05, 0.1) is 0 Å². The van der Waals surface area contributed by atoms with Gasteiger partial charge in [0.25, 0.3) is 0 Å². The summed E-state index contributed by atoms with van der Waals surface area (Å²) in [6.45, 7) is 13.1. The topological polar surface area (TPSA) is 0 Å². The molecule has 3 fully saturated rings. The van der Waals surface area contributed by atoms with E-state index in [9.17, 15) is 0 Å². The van der Waals surface area contributed by atoms with Crippen molar-refractivity contribution < 1.29 is 0 Å². The summed E-state index contributed by atoms with van der Waals surface area (Å²) in [6.07, 6.45) is 12.1. The van der Waals surface area contributed by atoms with Gasteiger partial charge in [-0.2, -0.15) is 0 Å². The van der Waals surface area contributed by atoms with Gasteiger partial charge in [-0.05, 0) is 59.7 Å². The van der Waals surface area contributed by atoms with Crippen molar-refractivity contribution in [3.05, 3.63) is 0 Å². The number of fused-ring (bicyclic) bond motifs is 1. The summed E-state index contributed by atoms with van der Waals surface area (Å²) in [6, 6.07) is 0. The lowest BCUT2D eigenvalue weighted by atomic mass is 9.46. The molecule has 0 heteroatoms. The van der Waals surface area contributed by atoms with Crippen molar-refractivity contribution in [3.63, 3.8) is 0 Å². The zero-order chi connectivity index (χ0) is 15.2. The Balaban J connectivity index is 1.88. The highest BCUT2D eigenvalue weighted by atomic mass is 14.6. The van der Waals surface area contributed by atoms with Crippen LogP contribution in [0.25, 0.3) is 0 Å². The maximum absolute atomic E-state index is 2.68. The van der Waals surface area contributed by atoms with Gasteiger partial charge in [-0.1, -0.05) is 73.1 Å². The van der Waals surface area contributed by atoms with Crippen molar-refractivity contribution in [1.82, 2.24) is 0 Å². The maximum atomic E-state index is 2.68. The molecule has 122 valence electrons. The zero-order valence-electron chi connectivity index (χ0n) is 15.2. The van der Waals surface area contributed by atoms with Crippen molar-refractivity contribution in [2.45, 2.75) is 86.0 Å². The van der Waals surface area contributed by atoms with Gasteiger partial charge >= 0.3 is 0 Å².